The highest BCUT2D eigenvalue weighted by atomic mass is 16.4. The second-order valence-electron chi connectivity index (χ2n) is 6.33. The molecule has 2 fully saturated rings. The van der Waals surface area contributed by atoms with Crippen LogP contribution in [0, 0.1) is 12.8 Å². The number of benzene rings is 1. The van der Waals surface area contributed by atoms with Crippen LogP contribution in [0.5, 0.6) is 0 Å². The second-order valence-corrected chi connectivity index (χ2v) is 6.33. The van der Waals surface area contributed by atoms with E-state index >= 15 is 0 Å². The molecule has 4 nitrogen and oxygen atoms in total. The van der Waals surface area contributed by atoms with E-state index in [1.807, 2.05) is 19.1 Å². The van der Waals surface area contributed by atoms with Gasteiger partial charge in [-0.3, -0.25) is 0 Å². The molecule has 0 aromatic heterocycles. The molecule has 1 aromatic rings. The third kappa shape index (κ3) is 2.91. The topological polar surface area (TPSA) is 61.4 Å². The summed E-state index contributed by atoms with van der Waals surface area (Å²) in [4.78, 5) is 11.2. The lowest BCUT2D eigenvalue weighted by atomic mass is 9.92. The minimum Gasteiger partial charge on any atom is -0.478 e. The predicted octanol–water partition coefficient (Wildman–Crippen LogP) is 3.03. The maximum Gasteiger partial charge on any atom is 0.336 e. The van der Waals surface area contributed by atoms with Gasteiger partial charge in [-0.2, -0.15) is 0 Å². The summed E-state index contributed by atoms with van der Waals surface area (Å²) < 4.78 is 0. The van der Waals surface area contributed by atoms with Gasteiger partial charge in [0, 0.05) is 17.8 Å². The standard InChI is InChI=1S/C17H24N2O2/c1-11-12(17(20)21)5-2-7-14(11)19-16-8-3-6-13(16)15-9-4-10-18-15/h2,5,7,13,15-16,18-19H,3-4,6,8-10H2,1H3,(H,20,21). The summed E-state index contributed by atoms with van der Waals surface area (Å²) in [6.07, 6.45) is 6.27. The monoisotopic (exact) mass is 288 g/mol. The molecule has 1 saturated heterocycles. The largest absolute Gasteiger partial charge is 0.478 e. The maximum absolute atomic E-state index is 11.2. The van der Waals surface area contributed by atoms with Gasteiger partial charge in [-0.1, -0.05) is 12.5 Å². The molecule has 114 valence electrons. The molecule has 0 bridgehead atoms. The van der Waals surface area contributed by atoms with Crippen LogP contribution in [0.2, 0.25) is 0 Å². The normalized spacial score (nSPS) is 28.7. The second kappa shape index (κ2) is 6.06. The molecule has 4 heteroatoms. The molecule has 3 unspecified atom stereocenters. The lowest BCUT2D eigenvalue weighted by Gasteiger charge is -2.28. The van der Waals surface area contributed by atoms with Gasteiger partial charge in [-0.05, 0) is 62.8 Å². The highest BCUT2D eigenvalue weighted by Crippen LogP contribution is 2.34. The Balaban J connectivity index is 1.76. The molecule has 21 heavy (non-hydrogen) atoms. The Hall–Kier alpha value is -1.55. The van der Waals surface area contributed by atoms with Gasteiger partial charge in [0.2, 0.25) is 0 Å². The zero-order valence-electron chi connectivity index (χ0n) is 12.6. The lowest BCUT2D eigenvalue weighted by Crippen LogP contribution is -2.38. The van der Waals surface area contributed by atoms with Gasteiger partial charge in [0.1, 0.15) is 0 Å². The fourth-order valence-electron chi connectivity index (χ4n) is 3.95. The van der Waals surface area contributed by atoms with E-state index in [0.29, 0.717) is 23.6 Å². The highest BCUT2D eigenvalue weighted by Gasteiger charge is 2.35. The molecule has 1 aliphatic heterocycles. The number of carboxylic acid groups (broad SMARTS) is 1. The summed E-state index contributed by atoms with van der Waals surface area (Å²) in [5.74, 6) is -0.183. The molecule has 3 N–H and O–H groups in total. The number of hydrogen-bond acceptors (Lipinski definition) is 3. The number of carbonyl (C=O) groups is 1. The summed E-state index contributed by atoms with van der Waals surface area (Å²) in [7, 11) is 0. The Morgan fingerprint density at radius 3 is 2.86 bits per heavy atom. The first-order chi connectivity index (χ1) is 10.2. The summed E-state index contributed by atoms with van der Waals surface area (Å²) >= 11 is 0. The van der Waals surface area contributed by atoms with Crippen molar-refractivity contribution in [1.82, 2.24) is 5.32 Å². The van der Waals surface area contributed by atoms with Crippen molar-refractivity contribution in [1.29, 1.82) is 0 Å². The Bertz CT molecular complexity index is 524. The van der Waals surface area contributed by atoms with Crippen LogP contribution in [0.15, 0.2) is 18.2 Å². The average molecular weight is 288 g/mol. The van der Waals surface area contributed by atoms with Crippen LogP contribution < -0.4 is 10.6 Å². The van der Waals surface area contributed by atoms with E-state index in [1.54, 1.807) is 6.07 Å². The number of aromatic carboxylic acids is 1. The Labute approximate surface area is 125 Å². The predicted molar refractivity (Wildman–Crippen MR) is 83.9 cm³/mol. The third-order valence-electron chi connectivity index (χ3n) is 5.09. The molecule has 3 atom stereocenters. The van der Waals surface area contributed by atoms with Crippen molar-refractivity contribution in [3.63, 3.8) is 0 Å². The maximum atomic E-state index is 11.2. The smallest absolute Gasteiger partial charge is 0.336 e. The van der Waals surface area contributed by atoms with Crippen LogP contribution in [0.25, 0.3) is 0 Å². The van der Waals surface area contributed by atoms with Gasteiger partial charge >= 0.3 is 5.97 Å². The van der Waals surface area contributed by atoms with Crippen molar-refractivity contribution in [2.24, 2.45) is 5.92 Å². The molecule has 1 saturated carbocycles. The van der Waals surface area contributed by atoms with Crippen molar-refractivity contribution in [2.75, 3.05) is 11.9 Å². The summed E-state index contributed by atoms with van der Waals surface area (Å²) in [5, 5.41) is 16.5. The molecular weight excluding hydrogens is 264 g/mol. The third-order valence-corrected chi connectivity index (χ3v) is 5.09. The van der Waals surface area contributed by atoms with Crippen LogP contribution >= 0.6 is 0 Å². The Morgan fingerprint density at radius 1 is 1.29 bits per heavy atom. The van der Waals surface area contributed by atoms with Gasteiger partial charge in [-0.15, -0.1) is 0 Å². The molecule has 1 aromatic carbocycles. The summed E-state index contributed by atoms with van der Waals surface area (Å²) in [6.45, 7) is 3.03. The van der Waals surface area contributed by atoms with E-state index in [0.717, 1.165) is 17.8 Å². The van der Waals surface area contributed by atoms with Gasteiger partial charge in [0.15, 0.2) is 0 Å². The number of anilines is 1. The van der Waals surface area contributed by atoms with Crippen molar-refractivity contribution in [3.05, 3.63) is 29.3 Å². The minimum absolute atomic E-state index is 0.397. The van der Waals surface area contributed by atoms with Crippen LogP contribution in [0.4, 0.5) is 5.69 Å². The summed E-state index contributed by atoms with van der Waals surface area (Å²) in [5.41, 5.74) is 2.22. The van der Waals surface area contributed by atoms with Crippen LogP contribution in [0.3, 0.4) is 0 Å². The van der Waals surface area contributed by atoms with Crippen molar-refractivity contribution >= 4 is 11.7 Å². The number of carboxylic acids is 1. The first-order valence-corrected chi connectivity index (χ1v) is 7.99. The van der Waals surface area contributed by atoms with E-state index < -0.39 is 5.97 Å². The number of nitrogens with one attached hydrogen (secondary N) is 2. The van der Waals surface area contributed by atoms with Gasteiger partial charge in [0.25, 0.3) is 0 Å². The van der Waals surface area contributed by atoms with Crippen LogP contribution in [-0.4, -0.2) is 29.7 Å². The van der Waals surface area contributed by atoms with E-state index in [1.165, 1.54) is 32.1 Å². The van der Waals surface area contributed by atoms with Crippen LogP contribution in [0.1, 0.15) is 48.0 Å². The highest BCUT2D eigenvalue weighted by molar-refractivity contribution is 5.91. The van der Waals surface area contributed by atoms with Gasteiger partial charge in [0.05, 0.1) is 5.56 Å². The van der Waals surface area contributed by atoms with E-state index in [-0.39, 0.29) is 0 Å². The lowest BCUT2D eigenvalue weighted by molar-refractivity contribution is 0.0696. The van der Waals surface area contributed by atoms with Crippen molar-refractivity contribution in [2.45, 2.75) is 51.1 Å². The van der Waals surface area contributed by atoms with Gasteiger partial charge < -0.3 is 15.7 Å². The molecule has 2 aliphatic rings. The first kappa shape index (κ1) is 14.4. The van der Waals surface area contributed by atoms with Crippen molar-refractivity contribution in [3.8, 4) is 0 Å². The fraction of sp³-hybridized carbons (Fsp3) is 0.588. The van der Waals surface area contributed by atoms with E-state index in [4.69, 9.17) is 0 Å². The number of hydrogen-bond donors (Lipinski definition) is 3. The van der Waals surface area contributed by atoms with Crippen molar-refractivity contribution < 1.29 is 9.90 Å². The van der Waals surface area contributed by atoms with Gasteiger partial charge in [-0.25, -0.2) is 4.79 Å². The average Bonchev–Trinajstić information content (AvgIpc) is 3.11. The fourth-order valence-corrected chi connectivity index (χ4v) is 3.95. The van der Waals surface area contributed by atoms with Crippen LogP contribution in [-0.2, 0) is 0 Å². The SMILES string of the molecule is Cc1c(NC2CCCC2C2CCCN2)cccc1C(=O)O. The molecule has 0 spiro atoms. The molecule has 0 amide bonds. The Morgan fingerprint density at radius 2 is 2.14 bits per heavy atom. The zero-order valence-corrected chi connectivity index (χ0v) is 12.6. The molecular formula is C17H24N2O2. The molecule has 0 radical (unpaired) electrons. The quantitative estimate of drug-likeness (QED) is 0.797. The zero-order chi connectivity index (χ0) is 14.8. The minimum atomic E-state index is -0.850. The number of rotatable bonds is 4. The molecule has 1 heterocycles. The molecule has 1 aliphatic carbocycles. The Kier molecular flexibility index (Phi) is 4.15. The molecule has 3 rings (SSSR count). The first-order valence-electron chi connectivity index (χ1n) is 7.99. The van der Waals surface area contributed by atoms with E-state index in [9.17, 15) is 9.90 Å². The van der Waals surface area contributed by atoms with E-state index in [2.05, 4.69) is 10.6 Å². The summed E-state index contributed by atoms with van der Waals surface area (Å²) in [6, 6.07) is 6.60.